The van der Waals surface area contributed by atoms with Gasteiger partial charge in [0.05, 0.1) is 0 Å². The van der Waals surface area contributed by atoms with Gasteiger partial charge in [-0.05, 0) is 29.3 Å². The van der Waals surface area contributed by atoms with Crippen LogP contribution in [0, 0.1) is 0 Å². The molecule has 26 heavy (non-hydrogen) atoms. The summed E-state index contributed by atoms with van der Waals surface area (Å²) < 4.78 is 39.6. The van der Waals surface area contributed by atoms with Gasteiger partial charge >= 0.3 is 6.18 Å². The Morgan fingerprint density at radius 1 is 1.00 bits per heavy atom. The molecule has 2 aromatic carbocycles. The summed E-state index contributed by atoms with van der Waals surface area (Å²) >= 11 is 0. The van der Waals surface area contributed by atoms with E-state index in [1.165, 1.54) is 37.3 Å². The molecule has 0 aliphatic rings. The first-order valence-electron chi connectivity index (χ1n) is 7.73. The Morgan fingerprint density at radius 2 is 1.62 bits per heavy atom. The molecule has 0 bridgehead atoms. The third-order valence-electron chi connectivity index (χ3n) is 3.41. The second kappa shape index (κ2) is 8.33. The minimum absolute atomic E-state index is 0.0404. The predicted molar refractivity (Wildman–Crippen MR) is 93.2 cm³/mol. The molecule has 0 spiro atoms. The summed E-state index contributed by atoms with van der Waals surface area (Å²) in [5, 5.41) is 4.56. The van der Waals surface area contributed by atoms with Crippen molar-refractivity contribution in [3.8, 4) is 0 Å². The maximum absolute atomic E-state index is 13.2. The van der Waals surface area contributed by atoms with Crippen LogP contribution in [0.3, 0.4) is 0 Å². The Kier molecular flexibility index (Phi) is 6.16. The SMILES string of the molecule is CC(=O)Nc1ccc(/C=C/C(=O)NC(c2ccccc2)C(F)(F)F)cc1. The Hall–Kier alpha value is -3.09. The first-order valence-corrected chi connectivity index (χ1v) is 7.73. The van der Waals surface area contributed by atoms with Crippen LogP contribution in [-0.2, 0) is 9.59 Å². The van der Waals surface area contributed by atoms with Crippen molar-refractivity contribution in [2.75, 3.05) is 5.32 Å². The van der Waals surface area contributed by atoms with Crippen LogP contribution >= 0.6 is 0 Å². The fraction of sp³-hybridized carbons (Fsp3) is 0.158. The molecule has 0 aliphatic carbocycles. The smallest absolute Gasteiger partial charge is 0.337 e. The van der Waals surface area contributed by atoms with Crippen LogP contribution in [0.1, 0.15) is 24.1 Å². The van der Waals surface area contributed by atoms with Crippen LogP contribution in [0.15, 0.2) is 60.7 Å². The van der Waals surface area contributed by atoms with E-state index in [0.717, 1.165) is 6.08 Å². The standard InChI is InChI=1S/C19H17F3N2O2/c1-13(25)23-16-10-7-14(8-11-16)9-12-17(26)24-18(19(20,21)22)15-5-3-2-4-6-15/h2-12,18H,1H3,(H,23,25)(H,24,26)/b12-9+. The zero-order chi connectivity index (χ0) is 19.2. The van der Waals surface area contributed by atoms with E-state index in [4.69, 9.17) is 0 Å². The average Bonchev–Trinajstić information content (AvgIpc) is 2.58. The highest BCUT2D eigenvalue weighted by Gasteiger charge is 2.41. The zero-order valence-electron chi connectivity index (χ0n) is 13.9. The van der Waals surface area contributed by atoms with E-state index in [1.807, 2.05) is 5.32 Å². The average molecular weight is 362 g/mol. The minimum atomic E-state index is -4.61. The molecule has 2 amide bonds. The van der Waals surface area contributed by atoms with Crippen molar-refractivity contribution < 1.29 is 22.8 Å². The highest BCUT2D eigenvalue weighted by atomic mass is 19.4. The molecule has 7 heteroatoms. The number of benzene rings is 2. The molecule has 0 aromatic heterocycles. The molecule has 0 saturated heterocycles. The first-order chi connectivity index (χ1) is 12.3. The summed E-state index contributed by atoms with van der Waals surface area (Å²) in [6.45, 7) is 1.38. The van der Waals surface area contributed by atoms with Gasteiger partial charge in [0.1, 0.15) is 0 Å². The Bertz CT molecular complexity index is 785. The van der Waals surface area contributed by atoms with Gasteiger partial charge in [0, 0.05) is 18.7 Å². The summed E-state index contributed by atoms with van der Waals surface area (Å²) in [6, 6.07) is 11.6. The van der Waals surface area contributed by atoms with Gasteiger partial charge in [-0.15, -0.1) is 0 Å². The summed E-state index contributed by atoms with van der Waals surface area (Å²) in [5.74, 6) is -1.08. The van der Waals surface area contributed by atoms with Gasteiger partial charge in [0.2, 0.25) is 11.8 Å². The van der Waals surface area contributed by atoms with E-state index < -0.39 is 18.1 Å². The maximum Gasteiger partial charge on any atom is 0.412 e. The number of carbonyl (C=O) groups excluding carboxylic acids is 2. The zero-order valence-corrected chi connectivity index (χ0v) is 13.9. The van der Waals surface area contributed by atoms with Crippen molar-refractivity contribution in [1.82, 2.24) is 5.32 Å². The molecular weight excluding hydrogens is 345 g/mol. The normalized spacial score (nSPS) is 12.6. The van der Waals surface area contributed by atoms with Crippen molar-refractivity contribution in [1.29, 1.82) is 0 Å². The number of hydrogen-bond donors (Lipinski definition) is 2. The van der Waals surface area contributed by atoms with Gasteiger partial charge in [0.25, 0.3) is 0 Å². The van der Waals surface area contributed by atoms with Crippen LogP contribution in [0.5, 0.6) is 0 Å². The fourth-order valence-corrected chi connectivity index (χ4v) is 2.24. The van der Waals surface area contributed by atoms with Gasteiger partial charge in [-0.1, -0.05) is 42.5 Å². The van der Waals surface area contributed by atoms with E-state index in [-0.39, 0.29) is 11.5 Å². The molecule has 2 aromatic rings. The minimum Gasteiger partial charge on any atom is -0.337 e. The molecule has 1 atom stereocenters. The summed E-state index contributed by atoms with van der Waals surface area (Å²) in [4.78, 5) is 22.8. The molecule has 4 nitrogen and oxygen atoms in total. The highest BCUT2D eigenvalue weighted by molar-refractivity contribution is 5.92. The number of anilines is 1. The number of nitrogens with one attached hydrogen (secondary N) is 2. The topological polar surface area (TPSA) is 58.2 Å². The number of carbonyl (C=O) groups is 2. The van der Waals surface area contributed by atoms with Crippen molar-refractivity contribution in [3.63, 3.8) is 0 Å². The maximum atomic E-state index is 13.2. The van der Waals surface area contributed by atoms with Crippen LogP contribution in [0.25, 0.3) is 6.08 Å². The van der Waals surface area contributed by atoms with Gasteiger partial charge in [-0.25, -0.2) is 0 Å². The third kappa shape index (κ3) is 5.77. The van der Waals surface area contributed by atoms with Crippen LogP contribution < -0.4 is 10.6 Å². The first kappa shape index (κ1) is 19.2. The lowest BCUT2D eigenvalue weighted by atomic mass is 10.1. The lowest BCUT2D eigenvalue weighted by Crippen LogP contribution is -2.37. The van der Waals surface area contributed by atoms with E-state index in [9.17, 15) is 22.8 Å². The lowest BCUT2D eigenvalue weighted by Gasteiger charge is -2.21. The molecular formula is C19H17F3N2O2. The van der Waals surface area contributed by atoms with E-state index in [1.54, 1.807) is 30.3 Å². The molecule has 0 aliphatic heterocycles. The molecule has 0 saturated carbocycles. The number of halogens is 3. The summed E-state index contributed by atoms with van der Waals surface area (Å²) in [7, 11) is 0. The number of rotatable bonds is 5. The fourth-order valence-electron chi connectivity index (χ4n) is 2.24. The van der Waals surface area contributed by atoms with Crippen LogP contribution in [0.4, 0.5) is 18.9 Å². The number of amides is 2. The van der Waals surface area contributed by atoms with Crippen LogP contribution in [-0.4, -0.2) is 18.0 Å². The third-order valence-corrected chi connectivity index (χ3v) is 3.41. The van der Waals surface area contributed by atoms with Crippen LogP contribution in [0.2, 0.25) is 0 Å². The van der Waals surface area contributed by atoms with Crippen molar-refractivity contribution >= 4 is 23.6 Å². The van der Waals surface area contributed by atoms with Crippen molar-refractivity contribution in [3.05, 3.63) is 71.8 Å². The number of hydrogen-bond acceptors (Lipinski definition) is 2. The molecule has 1 unspecified atom stereocenters. The Morgan fingerprint density at radius 3 is 2.15 bits per heavy atom. The monoisotopic (exact) mass is 362 g/mol. The molecule has 2 N–H and O–H groups in total. The Labute approximate surface area is 148 Å². The predicted octanol–water partition coefficient (Wildman–Crippen LogP) is 4.08. The summed E-state index contributed by atoms with van der Waals surface area (Å²) in [6.07, 6.45) is -2.18. The Balaban J connectivity index is 2.06. The lowest BCUT2D eigenvalue weighted by molar-refractivity contribution is -0.162. The van der Waals surface area contributed by atoms with Gasteiger partial charge < -0.3 is 10.6 Å². The molecule has 2 rings (SSSR count). The largest absolute Gasteiger partial charge is 0.412 e. The molecule has 0 radical (unpaired) electrons. The second-order valence-electron chi connectivity index (χ2n) is 5.53. The summed E-state index contributed by atoms with van der Waals surface area (Å²) in [5.41, 5.74) is 1.15. The highest BCUT2D eigenvalue weighted by Crippen LogP contribution is 2.32. The van der Waals surface area contributed by atoms with Gasteiger partial charge in [-0.3, -0.25) is 9.59 Å². The van der Waals surface area contributed by atoms with Gasteiger partial charge in [-0.2, -0.15) is 13.2 Å². The molecule has 0 heterocycles. The van der Waals surface area contributed by atoms with Crippen molar-refractivity contribution in [2.24, 2.45) is 0 Å². The molecule has 0 fully saturated rings. The second-order valence-corrected chi connectivity index (χ2v) is 5.53. The van der Waals surface area contributed by atoms with E-state index >= 15 is 0 Å². The molecule has 136 valence electrons. The van der Waals surface area contributed by atoms with E-state index in [2.05, 4.69) is 5.32 Å². The number of alkyl halides is 3. The van der Waals surface area contributed by atoms with E-state index in [0.29, 0.717) is 11.3 Å². The van der Waals surface area contributed by atoms with Crippen molar-refractivity contribution in [2.45, 2.75) is 19.1 Å². The van der Waals surface area contributed by atoms with Gasteiger partial charge in [0.15, 0.2) is 6.04 Å². The quantitative estimate of drug-likeness (QED) is 0.788.